The van der Waals surface area contributed by atoms with Crippen LogP contribution < -0.4 is 5.32 Å². The van der Waals surface area contributed by atoms with Crippen LogP contribution >= 0.6 is 15.9 Å². The summed E-state index contributed by atoms with van der Waals surface area (Å²) in [5, 5.41) is 3.02. The molecular weight excluding hydrogens is 230 g/mol. The Morgan fingerprint density at radius 1 is 1.31 bits per heavy atom. The molecule has 2 fully saturated rings. The van der Waals surface area contributed by atoms with Crippen LogP contribution in [0, 0.1) is 11.8 Å². The Morgan fingerprint density at radius 3 is 2.54 bits per heavy atom. The summed E-state index contributed by atoms with van der Waals surface area (Å²) in [5.74, 6) is 1.71. The zero-order valence-electron chi connectivity index (χ0n) is 7.76. The van der Waals surface area contributed by atoms with Crippen molar-refractivity contribution in [2.75, 3.05) is 6.54 Å². The fraction of sp³-hybridized carbons (Fsp3) is 0.900. The van der Waals surface area contributed by atoms with Crippen LogP contribution in [0.15, 0.2) is 0 Å². The van der Waals surface area contributed by atoms with Gasteiger partial charge in [0.2, 0.25) is 5.91 Å². The smallest absolute Gasteiger partial charge is 0.220 e. The van der Waals surface area contributed by atoms with E-state index in [0.717, 1.165) is 18.9 Å². The number of hydrogen-bond acceptors (Lipinski definition) is 1. The Morgan fingerprint density at radius 2 is 2.00 bits per heavy atom. The summed E-state index contributed by atoms with van der Waals surface area (Å²) < 4.78 is 0. The third-order valence-corrected chi connectivity index (χ3v) is 3.68. The van der Waals surface area contributed by atoms with Crippen molar-refractivity contribution in [1.82, 2.24) is 5.32 Å². The van der Waals surface area contributed by atoms with E-state index in [1.807, 2.05) is 0 Å². The van der Waals surface area contributed by atoms with E-state index in [2.05, 4.69) is 21.2 Å². The average Bonchev–Trinajstić information content (AvgIpc) is 2.79. The van der Waals surface area contributed by atoms with Gasteiger partial charge in [0, 0.05) is 17.8 Å². The van der Waals surface area contributed by atoms with Crippen molar-refractivity contribution in [3.63, 3.8) is 0 Å². The summed E-state index contributed by atoms with van der Waals surface area (Å²) in [4.78, 5) is 12.0. The maximum atomic E-state index is 11.3. The fourth-order valence-electron chi connectivity index (χ4n) is 1.74. The van der Waals surface area contributed by atoms with Gasteiger partial charge in [-0.1, -0.05) is 15.9 Å². The molecule has 74 valence electrons. The molecule has 3 heteroatoms. The second kappa shape index (κ2) is 3.99. The first kappa shape index (κ1) is 9.50. The molecule has 0 atom stereocenters. The van der Waals surface area contributed by atoms with Crippen LogP contribution in [0.5, 0.6) is 0 Å². The molecule has 0 spiro atoms. The molecule has 0 radical (unpaired) electrons. The number of nitrogens with one attached hydrogen (secondary N) is 1. The molecule has 1 amide bonds. The molecule has 0 aromatic rings. The van der Waals surface area contributed by atoms with Gasteiger partial charge < -0.3 is 5.32 Å². The van der Waals surface area contributed by atoms with Crippen molar-refractivity contribution in [2.45, 2.75) is 36.9 Å². The number of amides is 1. The maximum Gasteiger partial charge on any atom is 0.220 e. The first-order valence-corrected chi connectivity index (χ1v) is 6.06. The SMILES string of the molecule is O=C(CC1CC1)NCC1CC(Br)C1. The van der Waals surface area contributed by atoms with Crippen LogP contribution in [0.25, 0.3) is 0 Å². The average molecular weight is 246 g/mol. The highest BCUT2D eigenvalue weighted by Crippen LogP contribution is 2.33. The monoisotopic (exact) mass is 245 g/mol. The van der Waals surface area contributed by atoms with Gasteiger partial charge >= 0.3 is 0 Å². The molecule has 0 aromatic heterocycles. The Balaban J connectivity index is 1.54. The van der Waals surface area contributed by atoms with Gasteiger partial charge in [-0.15, -0.1) is 0 Å². The first-order chi connectivity index (χ1) is 6.24. The molecule has 0 saturated heterocycles. The first-order valence-electron chi connectivity index (χ1n) is 5.15. The van der Waals surface area contributed by atoms with E-state index in [-0.39, 0.29) is 5.91 Å². The van der Waals surface area contributed by atoms with Gasteiger partial charge in [-0.05, 0) is 37.5 Å². The molecule has 13 heavy (non-hydrogen) atoms. The van der Waals surface area contributed by atoms with Gasteiger partial charge in [0.25, 0.3) is 0 Å². The highest BCUT2D eigenvalue weighted by atomic mass is 79.9. The van der Waals surface area contributed by atoms with Gasteiger partial charge in [0.1, 0.15) is 0 Å². The number of rotatable bonds is 4. The molecule has 2 saturated carbocycles. The van der Waals surface area contributed by atoms with Crippen LogP contribution in [-0.2, 0) is 4.79 Å². The molecule has 2 nitrogen and oxygen atoms in total. The summed E-state index contributed by atoms with van der Waals surface area (Å²) >= 11 is 3.55. The third kappa shape index (κ3) is 2.97. The van der Waals surface area contributed by atoms with Crippen molar-refractivity contribution in [3.05, 3.63) is 0 Å². The van der Waals surface area contributed by atoms with Gasteiger partial charge in [0.15, 0.2) is 0 Å². The lowest BCUT2D eigenvalue weighted by Crippen LogP contribution is -2.36. The minimum Gasteiger partial charge on any atom is -0.356 e. The summed E-state index contributed by atoms with van der Waals surface area (Å²) in [6, 6.07) is 0. The van der Waals surface area contributed by atoms with Crippen molar-refractivity contribution < 1.29 is 4.79 Å². The summed E-state index contributed by atoms with van der Waals surface area (Å²) in [5.41, 5.74) is 0. The van der Waals surface area contributed by atoms with Gasteiger partial charge in [-0.2, -0.15) is 0 Å². The lowest BCUT2D eigenvalue weighted by molar-refractivity contribution is -0.121. The van der Waals surface area contributed by atoms with Crippen LogP contribution in [0.4, 0.5) is 0 Å². The second-order valence-corrected chi connectivity index (χ2v) is 5.68. The zero-order valence-corrected chi connectivity index (χ0v) is 9.35. The van der Waals surface area contributed by atoms with E-state index in [0.29, 0.717) is 10.7 Å². The largest absolute Gasteiger partial charge is 0.356 e. The van der Waals surface area contributed by atoms with Crippen LogP contribution in [0.1, 0.15) is 32.1 Å². The summed E-state index contributed by atoms with van der Waals surface area (Å²) in [6.45, 7) is 0.896. The molecule has 0 aliphatic heterocycles. The number of carbonyl (C=O) groups excluding carboxylic acids is 1. The van der Waals surface area contributed by atoms with E-state index >= 15 is 0 Å². The van der Waals surface area contributed by atoms with E-state index in [9.17, 15) is 4.79 Å². The van der Waals surface area contributed by atoms with Gasteiger partial charge in [0.05, 0.1) is 0 Å². The molecule has 0 unspecified atom stereocenters. The van der Waals surface area contributed by atoms with Crippen molar-refractivity contribution in [1.29, 1.82) is 0 Å². The van der Waals surface area contributed by atoms with E-state index in [1.165, 1.54) is 25.7 Å². The molecule has 2 aliphatic rings. The Hall–Kier alpha value is -0.0500. The standard InChI is InChI=1S/C10H16BrNO/c11-9-3-8(4-9)6-12-10(13)5-7-1-2-7/h7-9H,1-6H2,(H,12,13). The number of carbonyl (C=O) groups is 1. The van der Waals surface area contributed by atoms with E-state index in [4.69, 9.17) is 0 Å². The van der Waals surface area contributed by atoms with E-state index in [1.54, 1.807) is 0 Å². The number of hydrogen-bond donors (Lipinski definition) is 1. The Labute approximate surface area is 87.6 Å². The fourth-order valence-corrected chi connectivity index (χ4v) is 2.79. The molecule has 2 rings (SSSR count). The molecule has 0 aromatic carbocycles. The molecular formula is C10H16BrNO. The molecule has 1 N–H and O–H groups in total. The minimum atomic E-state index is 0.264. The summed E-state index contributed by atoms with van der Waals surface area (Å²) in [7, 11) is 0. The molecule has 0 bridgehead atoms. The Bertz CT molecular complexity index is 197. The van der Waals surface area contributed by atoms with Crippen molar-refractivity contribution >= 4 is 21.8 Å². The maximum absolute atomic E-state index is 11.3. The predicted molar refractivity (Wildman–Crippen MR) is 55.8 cm³/mol. The minimum absolute atomic E-state index is 0.264. The zero-order chi connectivity index (χ0) is 9.26. The molecule has 0 heterocycles. The lowest BCUT2D eigenvalue weighted by atomic mass is 9.85. The number of alkyl halides is 1. The van der Waals surface area contributed by atoms with Gasteiger partial charge in [-0.3, -0.25) is 4.79 Å². The van der Waals surface area contributed by atoms with Crippen molar-refractivity contribution in [3.8, 4) is 0 Å². The topological polar surface area (TPSA) is 29.1 Å². The van der Waals surface area contributed by atoms with E-state index < -0.39 is 0 Å². The lowest BCUT2D eigenvalue weighted by Gasteiger charge is -2.31. The van der Waals surface area contributed by atoms with Gasteiger partial charge in [-0.25, -0.2) is 0 Å². The summed E-state index contributed by atoms with van der Waals surface area (Å²) in [6.07, 6.45) is 5.75. The normalized spacial score (nSPS) is 32.4. The van der Waals surface area contributed by atoms with Crippen LogP contribution in [0.2, 0.25) is 0 Å². The highest BCUT2D eigenvalue weighted by Gasteiger charge is 2.28. The Kier molecular flexibility index (Phi) is 2.92. The highest BCUT2D eigenvalue weighted by molar-refractivity contribution is 9.09. The van der Waals surface area contributed by atoms with Crippen molar-refractivity contribution in [2.24, 2.45) is 11.8 Å². The number of halogens is 1. The quantitative estimate of drug-likeness (QED) is 0.756. The predicted octanol–water partition coefficient (Wildman–Crippen LogP) is 2.08. The molecule has 2 aliphatic carbocycles. The van der Waals surface area contributed by atoms with Crippen LogP contribution in [0.3, 0.4) is 0 Å². The second-order valence-electron chi connectivity index (χ2n) is 4.39. The third-order valence-electron chi connectivity index (χ3n) is 2.94. The van der Waals surface area contributed by atoms with Crippen LogP contribution in [-0.4, -0.2) is 17.3 Å².